The zero-order valence-corrected chi connectivity index (χ0v) is 16.2. The first-order valence-electron chi connectivity index (χ1n) is 10.3. The van der Waals surface area contributed by atoms with E-state index in [-0.39, 0.29) is 17.9 Å². The molecule has 3 aliphatic heterocycles. The fourth-order valence-corrected chi connectivity index (χ4v) is 4.67. The quantitative estimate of drug-likeness (QED) is 0.782. The van der Waals surface area contributed by atoms with E-state index in [0.29, 0.717) is 12.1 Å². The van der Waals surface area contributed by atoms with Crippen molar-refractivity contribution < 1.29 is 9.59 Å². The van der Waals surface area contributed by atoms with Crippen LogP contribution in [0.5, 0.6) is 0 Å². The van der Waals surface area contributed by atoms with Crippen LogP contribution in [0.4, 0.5) is 11.4 Å². The smallest absolute Gasteiger partial charge is 0.251 e. The minimum Gasteiger partial charge on any atom is -0.358 e. The van der Waals surface area contributed by atoms with E-state index in [1.807, 2.05) is 18.2 Å². The summed E-state index contributed by atoms with van der Waals surface area (Å²) >= 11 is 0. The summed E-state index contributed by atoms with van der Waals surface area (Å²) in [7, 11) is 0. The standard InChI is InChI=1S/C21H30N4O2/c1-15-5-2-10-24(14-15)11-4-9-22-20(26)16-7-8-18-17(13-16)23-21(27)19-6-3-12-25(18)19/h7-8,13,15,19H,2-6,9-12,14H2,1H3,(H,22,26)(H,23,27)/t15-,19+/m0/s1. The van der Waals surface area contributed by atoms with Crippen LogP contribution in [0.3, 0.4) is 0 Å². The van der Waals surface area contributed by atoms with Gasteiger partial charge in [-0.05, 0) is 69.3 Å². The van der Waals surface area contributed by atoms with E-state index >= 15 is 0 Å². The molecule has 3 heterocycles. The van der Waals surface area contributed by atoms with Gasteiger partial charge in [0, 0.05) is 25.2 Å². The number of benzene rings is 1. The molecule has 2 fully saturated rings. The van der Waals surface area contributed by atoms with Crippen molar-refractivity contribution in [3.05, 3.63) is 23.8 Å². The second-order valence-corrected chi connectivity index (χ2v) is 8.23. The maximum Gasteiger partial charge on any atom is 0.251 e. The van der Waals surface area contributed by atoms with Gasteiger partial charge >= 0.3 is 0 Å². The van der Waals surface area contributed by atoms with Crippen molar-refractivity contribution in [2.75, 3.05) is 42.9 Å². The highest BCUT2D eigenvalue weighted by Crippen LogP contribution is 2.37. The van der Waals surface area contributed by atoms with Crippen LogP contribution in [-0.4, -0.2) is 55.5 Å². The van der Waals surface area contributed by atoms with Crippen molar-refractivity contribution in [1.29, 1.82) is 0 Å². The Kier molecular flexibility index (Phi) is 5.34. The molecule has 2 atom stereocenters. The zero-order chi connectivity index (χ0) is 18.8. The van der Waals surface area contributed by atoms with Gasteiger partial charge in [-0.25, -0.2) is 0 Å². The topological polar surface area (TPSA) is 64.7 Å². The summed E-state index contributed by atoms with van der Waals surface area (Å²) in [6.45, 7) is 7.30. The van der Waals surface area contributed by atoms with E-state index < -0.39 is 0 Å². The summed E-state index contributed by atoms with van der Waals surface area (Å²) in [5.41, 5.74) is 2.40. The van der Waals surface area contributed by atoms with Crippen molar-refractivity contribution in [1.82, 2.24) is 10.2 Å². The van der Waals surface area contributed by atoms with Gasteiger partial charge in [-0.15, -0.1) is 0 Å². The second-order valence-electron chi connectivity index (χ2n) is 8.23. The Bertz CT molecular complexity index is 720. The maximum absolute atomic E-state index is 12.5. The molecule has 146 valence electrons. The Morgan fingerprint density at radius 2 is 2.11 bits per heavy atom. The number of fused-ring (bicyclic) bond motifs is 3. The number of anilines is 2. The van der Waals surface area contributed by atoms with E-state index in [4.69, 9.17) is 0 Å². The van der Waals surface area contributed by atoms with Gasteiger partial charge < -0.3 is 20.4 Å². The number of nitrogens with zero attached hydrogens (tertiary/aromatic N) is 2. The van der Waals surface area contributed by atoms with Gasteiger partial charge in [0.15, 0.2) is 0 Å². The molecule has 0 aromatic heterocycles. The zero-order valence-electron chi connectivity index (χ0n) is 16.2. The van der Waals surface area contributed by atoms with Gasteiger partial charge in [0.05, 0.1) is 11.4 Å². The molecule has 0 aliphatic carbocycles. The molecule has 6 nitrogen and oxygen atoms in total. The van der Waals surface area contributed by atoms with Gasteiger partial charge in [0.1, 0.15) is 6.04 Å². The SMILES string of the molecule is C[C@H]1CCCN(CCCNC(=O)c2ccc3c(c2)NC(=O)[C@H]2CCCN32)C1. The third-order valence-corrected chi connectivity index (χ3v) is 6.06. The van der Waals surface area contributed by atoms with E-state index in [2.05, 4.69) is 27.4 Å². The van der Waals surface area contributed by atoms with E-state index in [0.717, 1.165) is 49.6 Å². The van der Waals surface area contributed by atoms with Gasteiger partial charge in [0.25, 0.3) is 5.91 Å². The normalized spacial score (nSPS) is 24.9. The van der Waals surface area contributed by atoms with Crippen molar-refractivity contribution in [3.63, 3.8) is 0 Å². The Morgan fingerprint density at radius 1 is 1.26 bits per heavy atom. The number of rotatable bonds is 5. The highest BCUT2D eigenvalue weighted by molar-refractivity contribution is 6.06. The highest BCUT2D eigenvalue weighted by Gasteiger charge is 2.36. The fourth-order valence-electron chi connectivity index (χ4n) is 4.67. The molecule has 6 heteroatoms. The van der Waals surface area contributed by atoms with Gasteiger partial charge in [0.2, 0.25) is 5.91 Å². The summed E-state index contributed by atoms with van der Waals surface area (Å²) < 4.78 is 0. The molecule has 4 rings (SSSR count). The lowest BCUT2D eigenvalue weighted by atomic mass is 10.0. The number of carbonyl (C=O) groups excluding carboxylic acids is 2. The lowest BCUT2D eigenvalue weighted by Crippen LogP contribution is -2.44. The lowest BCUT2D eigenvalue weighted by molar-refractivity contribution is -0.117. The van der Waals surface area contributed by atoms with E-state index in [1.165, 1.54) is 25.9 Å². The average Bonchev–Trinajstić information content (AvgIpc) is 3.15. The summed E-state index contributed by atoms with van der Waals surface area (Å²) in [6.07, 6.45) is 5.53. The molecule has 0 unspecified atom stereocenters. The summed E-state index contributed by atoms with van der Waals surface area (Å²) in [5.74, 6) is 0.769. The van der Waals surface area contributed by atoms with E-state index in [9.17, 15) is 9.59 Å². The second kappa shape index (κ2) is 7.89. The first kappa shape index (κ1) is 18.3. The van der Waals surface area contributed by atoms with Gasteiger partial charge in [-0.2, -0.15) is 0 Å². The first-order chi connectivity index (χ1) is 13.1. The summed E-state index contributed by atoms with van der Waals surface area (Å²) in [4.78, 5) is 29.4. The van der Waals surface area contributed by atoms with Crippen LogP contribution in [-0.2, 0) is 4.79 Å². The van der Waals surface area contributed by atoms with Crippen molar-refractivity contribution in [2.45, 2.75) is 45.1 Å². The number of hydrogen-bond acceptors (Lipinski definition) is 4. The van der Waals surface area contributed by atoms with E-state index in [1.54, 1.807) is 0 Å². The molecular formula is C21H30N4O2. The molecule has 0 radical (unpaired) electrons. The minimum absolute atomic E-state index is 0.0466. The first-order valence-corrected chi connectivity index (χ1v) is 10.3. The number of hydrogen-bond donors (Lipinski definition) is 2. The molecule has 1 aromatic carbocycles. The number of likely N-dealkylation sites (tertiary alicyclic amines) is 1. The molecule has 27 heavy (non-hydrogen) atoms. The summed E-state index contributed by atoms with van der Waals surface area (Å²) in [5, 5.41) is 6.00. The molecule has 1 aromatic rings. The number of nitrogens with one attached hydrogen (secondary N) is 2. The van der Waals surface area contributed by atoms with Crippen molar-refractivity contribution in [3.8, 4) is 0 Å². The minimum atomic E-state index is -0.0670. The maximum atomic E-state index is 12.5. The van der Waals surface area contributed by atoms with Crippen molar-refractivity contribution in [2.24, 2.45) is 5.92 Å². The number of piperidine rings is 1. The molecule has 0 saturated carbocycles. The summed E-state index contributed by atoms with van der Waals surface area (Å²) in [6, 6.07) is 5.60. The molecule has 2 amide bonds. The van der Waals surface area contributed by atoms with Crippen LogP contribution in [0.15, 0.2) is 18.2 Å². The molecular weight excluding hydrogens is 340 g/mol. The predicted molar refractivity (Wildman–Crippen MR) is 107 cm³/mol. The Labute approximate surface area is 161 Å². The van der Waals surface area contributed by atoms with Gasteiger partial charge in [-0.3, -0.25) is 9.59 Å². The monoisotopic (exact) mass is 370 g/mol. The van der Waals surface area contributed by atoms with Crippen LogP contribution in [0.1, 0.15) is 49.4 Å². The molecule has 2 N–H and O–H groups in total. The molecule has 3 aliphatic rings. The molecule has 0 bridgehead atoms. The third-order valence-electron chi connectivity index (χ3n) is 6.06. The number of carbonyl (C=O) groups is 2. The van der Waals surface area contributed by atoms with Crippen LogP contribution < -0.4 is 15.5 Å². The third kappa shape index (κ3) is 3.95. The van der Waals surface area contributed by atoms with Gasteiger partial charge in [-0.1, -0.05) is 6.92 Å². The molecule has 2 saturated heterocycles. The largest absolute Gasteiger partial charge is 0.358 e. The van der Waals surface area contributed by atoms with Crippen LogP contribution >= 0.6 is 0 Å². The fraction of sp³-hybridized carbons (Fsp3) is 0.619. The lowest BCUT2D eigenvalue weighted by Gasteiger charge is -2.33. The molecule has 0 spiro atoms. The van der Waals surface area contributed by atoms with Crippen LogP contribution in [0, 0.1) is 5.92 Å². The predicted octanol–water partition coefficient (Wildman–Crippen LogP) is 2.46. The highest BCUT2D eigenvalue weighted by atomic mass is 16.2. The van der Waals surface area contributed by atoms with Crippen molar-refractivity contribution >= 4 is 23.2 Å². The Balaban J connectivity index is 1.30. The van der Waals surface area contributed by atoms with Crippen LogP contribution in [0.2, 0.25) is 0 Å². The number of amides is 2. The Morgan fingerprint density at radius 3 is 2.96 bits per heavy atom. The Hall–Kier alpha value is -2.08. The average molecular weight is 370 g/mol. The van der Waals surface area contributed by atoms with Crippen LogP contribution in [0.25, 0.3) is 0 Å².